The molecule has 1 aromatic heterocycles. The highest BCUT2D eigenvalue weighted by atomic mass is 79.9. The van der Waals surface area contributed by atoms with Gasteiger partial charge in [-0.2, -0.15) is 0 Å². The lowest BCUT2D eigenvalue weighted by atomic mass is 9.96. The van der Waals surface area contributed by atoms with E-state index in [0.717, 1.165) is 0 Å². The highest BCUT2D eigenvalue weighted by Crippen LogP contribution is 2.31. The predicted octanol–water partition coefficient (Wildman–Crippen LogP) is 3.62. The standard InChI is InChI=1S/C16H18BrN3O4/c1-16(2)8-23-15(24-9-16)7-19-6-13(18-10-19)12-4-3-11(17)5-14(12)20(21)22/h3-6,10,15H,7-9H2,1-2H3. The molecule has 0 N–H and O–H groups in total. The largest absolute Gasteiger partial charge is 0.350 e. The number of ether oxygens (including phenoxy) is 2. The van der Waals surface area contributed by atoms with Crippen molar-refractivity contribution in [1.29, 1.82) is 0 Å². The van der Waals surface area contributed by atoms with Crippen molar-refractivity contribution in [3.63, 3.8) is 0 Å². The Morgan fingerprint density at radius 3 is 2.79 bits per heavy atom. The van der Waals surface area contributed by atoms with E-state index in [0.29, 0.717) is 35.5 Å². The molecule has 0 unspecified atom stereocenters. The Hall–Kier alpha value is -1.77. The number of nitro benzene ring substituents is 1. The van der Waals surface area contributed by atoms with Crippen molar-refractivity contribution in [1.82, 2.24) is 9.55 Å². The molecule has 8 heteroatoms. The Bertz CT molecular complexity index is 750. The number of nitrogens with zero attached hydrogens (tertiary/aromatic N) is 3. The molecule has 0 aliphatic carbocycles. The first-order valence-corrected chi connectivity index (χ1v) is 8.33. The van der Waals surface area contributed by atoms with Crippen LogP contribution in [0, 0.1) is 15.5 Å². The van der Waals surface area contributed by atoms with E-state index in [1.165, 1.54) is 6.07 Å². The summed E-state index contributed by atoms with van der Waals surface area (Å²) in [6, 6.07) is 4.92. The normalized spacial score (nSPS) is 17.8. The maximum Gasteiger partial charge on any atom is 0.279 e. The zero-order valence-electron chi connectivity index (χ0n) is 13.4. The summed E-state index contributed by atoms with van der Waals surface area (Å²) < 4.78 is 13.9. The van der Waals surface area contributed by atoms with E-state index in [9.17, 15) is 10.1 Å². The van der Waals surface area contributed by atoms with Gasteiger partial charge in [-0.3, -0.25) is 10.1 Å². The number of halogens is 1. The fourth-order valence-corrected chi connectivity index (χ4v) is 2.82. The third-order valence-electron chi connectivity index (χ3n) is 3.75. The van der Waals surface area contributed by atoms with Crippen molar-refractivity contribution in [2.45, 2.75) is 26.7 Å². The number of nitro groups is 1. The lowest BCUT2D eigenvalue weighted by Gasteiger charge is -2.34. The molecule has 0 radical (unpaired) electrons. The van der Waals surface area contributed by atoms with Gasteiger partial charge in [-0.15, -0.1) is 0 Å². The lowest BCUT2D eigenvalue weighted by molar-refractivity contribution is -0.384. The van der Waals surface area contributed by atoms with Crippen molar-refractivity contribution < 1.29 is 14.4 Å². The highest BCUT2D eigenvalue weighted by molar-refractivity contribution is 9.10. The first-order valence-electron chi connectivity index (χ1n) is 7.53. The van der Waals surface area contributed by atoms with Crippen molar-refractivity contribution in [2.24, 2.45) is 5.41 Å². The Kier molecular flexibility index (Phi) is 4.71. The zero-order valence-corrected chi connectivity index (χ0v) is 15.0. The minimum Gasteiger partial charge on any atom is -0.350 e. The van der Waals surface area contributed by atoms with Gasteiger partial charge in [0, 0.05) is 22.2 Å². The highest BCUT2D eigenvalue weighted by Gasteiger charge is 2.28. The second kappa shape index (κ2) is 6.62. The summed E-state index contributed by atoms with van der Waals surface area (Å²) in [6.07, 6.45) is 3.07. The number of hydrogen-bond acceptors (Lipinski definition) is 5. The minimum absolute atomic E-state index is 0.0153. The second-order valence-electron chi connectivity index (χ2n) is 6.59. The molecule has 128 valence electrons. The molecule has 24 heavy (non-hydrogen) atoms. The van der Waals surface area contributed by atoms with Gasteiger partial charge < -0.3 is 14.0 Å². The van der Waals surface area contributed by atoms with Crippen LogP contribution in [0.1, 0.15) is 13.8 Å². The molecule has 1 fully saturated rings. The molecule has 7 nitrogen and oxygen atoms in total. The topological polar surface area (TPSA) is 79.4 Å². The predicted molar refractivity (Wildman–Crippen MR) is 91.5 cm³/mol. The smallest absolute Gasteiger partial charge is 0.279 e. The van der Waals surface area contributed by atoms with Gasteiger partial charge in [0.1, 0.15) is 0 Å². The molecule has 2 heterocycles. The first kappa shape index (κ1) is 17.1. The SMILES string of the molecule is CC1(C)COC(Cn2cnc(-c3ccc(Br)cc3[N+](=O)[O-])c2)OC1. The number of hydrogen-bond donors (Lipinski definition) is 0. The van der Waals surface area contributed by atoms with E-state index in [4.69, 9.17) is 9.47 Å². The Balaban J connectivity index is 1.76. The molecule has 1 aliphatic rings. The number of rotatable bonds is 4. The molecule has 1 aromatic carbocycles. The third-order valence-corrected chi connectivity index (χ3v) is 4.24. The van der Waals surface area contributed by atoms with Crippen LogP contribution in [-0.2, 0) is 16.0 Å². The van der Waals surface area contributed by atoms with Crippen LogP contribution in [0.25, 0.3) is 11.3 Å². The second-order valence-corrected chi connectivity index (χ2v) is 7.51. The van der Waals surface area contributed by atoms with Crippen LogP contribution in [0.3, 0.4) is 0 Å². The maximum atomic E-state index is 11.2. The summed E-state index contributed by atoms with van der Waals surface area (Å²) in [5, 5.41) is 11.2. The Morgan fingerprint density at radius 2 is 2.12 bits per heavy atom. The monoisotopic (exact) mass is 395 g/mol. The van der Waals surface area contributed by atoms with Crippen LogP contribution in [0.5, 0.6) is 0 Å². The van der Waals surface area contributed by atoms with Gasteiger partial charge in [-0.1, -0.05) is 29.8 Å². The fraction of sp³-hybridized carbons (Fsp3) is 0.438. The summed E-state index contributed by atoms with van der Waals surface area (Å²) in [6.45, 7) is 5.94. The minimum atomic E-state index is -0.408. The van der Waals surface area contributed by atoms with Crippen LogP contribution in [0.15, 0.2) is 35.2 Å². The van der Waals surface area contributed by atoms with Crippen LogP contribution in [-0.4, -0.2) is 34.0 Å². The van der Waals surface area contributed by atoms with Crippen molar-refractivity contribution in [3.05, 3.63) is 45.3 Å². The number of imidazole rings is 1. The van der Waals surface area contributed by atoms with Gasteiger partial charge in [0.2, 0.25) is 0 Å². The van der Waals surface area contributed by atoms with Crippen LogP contribution in [0.4, 0.5) is 5.69 Å². The fourth-order valence-electron chi connectivity index (χ4n) is 2.48. The molecule has 1 saturated heterocycles. The van der Waals surface area contributed by atoms with Gasteiger partial charge in [-0.25, -0.2) is 4.98 Å². The van der Waals surface area contributed by atoms with Crippen molar-refractivity contribution in [2.75, 3.05) is 13.2 Å². The molecule has 0 amide bonds. The molecule has 2 aromatic rings. The van der Waals surface area contributed by atoms with E-state index in [1.54, 1.807) is 24.7 Å². The number of aromatic nitrogens is 2. The Labute approximate surface area is 147 Å². The van der Waals surface area contributed by atoms with E-state index in [1.807, 2.05) is 4.57 Å². The average molecular weight is 396 g/mol. The molecular weight excluding hydrogens is 378 g/mol. The summed E-state index contributed by atoms with van der Waals surface area (Å²) in [5.41, 5.74) is 1.06. The Morgan fingerprint density at radius 1 is 1.42 bits per heavy atom. The molecule has 1 aliphatic heterocycles. The average Bonchev–Trinajstić information content (AvgIpc) is 2.97. The molecule has 3 rings (SSSR count). The third kappa shape index (κ3) is 3.82. The van der Waals surface area contributed by atoms with Crippen molar-refractivity contribution in [3.8, 4) is 11.3 Å². The van der Waals surface area contributed by atoms with Crippen LogP contribution in [0.2, 0.25) is 0 Å². The van der Waals surface area contributed by atoms with Gasteiger partial charge in [-0.05, 0) is 12.1 Å². The van der Waals surface area contributed by atoms with Crippen LogP contribution >= 0.6 is 15.9 Å². The van der Waals surface area contributed by atoms with Gasteiger partial charge in [0.15, 0.2) is 6.29 Å². The summed E-state index contributed by atoms with van der Waals surface area (Å²) in [5.74, 6) is 0. The van der Waals surface area contributed by atoms with Crippen LogP contribution < -0.4 is 0 Å². The summed E-state index contributed by atoms with van der Waals surface area (Å²) in [4.78, 5) is 15.1. The zero-order chi connectivity index (χ0) is 17.3. The van der Waals surface area contributed by atoms with Gasteiger partial charge >= 0.3 is 0 Å². The van der Waals surface area contributed by atoms with E-state index < -0.39 is 4.92 Å². The van der Waals surface area contributed by atoms with E-state index in [2.05, 4.69) is 34.8 Å². The quantitative estimate of drug-likeness (QED) is 0.583. The van der Waals surface area contributed by atoms with Gasteiger partial charge in [0.05, 0.1) is 42.3 Å². The summed E-state index contributed by atoms with van der Waals surface area (Å²) >= 11 is 3.25. The van der Waals surface area contributed by atoms with E-state index in [-0.39, 0.29) is 17.4 Å². The molecule has 0 atom stereocenters. The maximum absolute atomic E-state index is 11.2. The molecule has 0 spiro atoms. The molecular formula is C16H18BrN3O4. The number of benzene rings is 1. The molecule has 0 saturated carbocycles. The first-order chi connectivity index (χ1) is 11.3. The summed E-state index contributed by atoms with van der Waals surface area (Å²) in [7, 11) is 0. The molecule has 0 bridgehead atoms. The van der Waals surface area contributed by atoms with Gasteiger partial charge in [0.25, 0.3) is 5.69 Å². The van der Waals surface area contributed by atoms with E-state index >= 15 is 0 Å². The lowest BCUT2D eigenvalue weighted by Crippen LogP contribution is -2.39. The van der Waals surface area contributed by atoms with Crippen molar-refractivity contribution >= 4 is 21.6 Å².